The standard InChI is InChI=1S/C4H12O3Si/c1-4-7-8(3,5)6-2/h5H,4H2,1-3H3. The fourth-order valence-corrected chi connectivity index (χ4v) is 0.980. The molecule has 0 saturated carbocycles. The van der Waals surface area contributed by atoms with Crippen molar-refractivity contribution in [2.75, 3.05) is 13.7 Å². The second kappa shape index (κ2) is 3.19. The van der Waals surface area contributed by atoms with Crippen LogP contribution in [0.4, 0.5) is 0 Å². The van der Waals surface area contributed by atoms with E-state index in [1.54, 1.807) is 6.55 Å². The minimum absolute atomic E-state index is 0.507. The lowest BCUT2D eigenvalue weighted by Crippen LogP contribution is -2.37. The maximum absolute atomic E-state index is 9.02. The van der Waals surface area contributed by atoms with Crippen molar-refractivity contribution in [1.29, 1.82) is 0 Å². The van der Waals surface area contributed by atoms with Gasteiger partial charge in [0.1, 0.15) is 0 Å². The third kappa shape index (κ3) is 3.14. The lowest BCUT2D eigenvalue weighted by Gasteiger charge is -2.14. The van der Waals surface area contributed by atoms with Gasteiger partial charge in [-0.2, -0.15) is 0 Å². The zero-order valence-electron chi connectivity index (χ0n) is 5.47. The second-order valence-electron chi connectivity index (χ2n) is 1.53. The lowest BCUT2D eigenvalue weighted by molar-refractivity contribution is 0.136. The van der Waals surface area contributed by atoms with Gasteiger partial charge in [-0.05, 0) is 6.92 Å². The zero-order valence-corrected chi connectivity index (χ0v) is 6.47. The Morgan fingerprint density at radius 3 is 2.25 bits per heavy atom. The highest BCUT2D eigenvalue weighted by atomic mass is 28.4. The zero-order chi connectivity index (χ0) is 6.62. The van der Waals surface area contributed by atoms with E-state index in [0.717, 1.165) is 0 Å². The van der Waals surface area contributed by atoms with Crippen LogP contribution in [0.2, 0.25) is 6.55 Å². The molecular formula is C4H12O3Si. The Morgan fingerprint density at radius 2 is 2.12 bits per heavy atom. The lowest BCUT2D eigenvalue weighted by atomic mass is 10.9. The van der Waals surface area contributed by atoms with Gasteiger partial charge in [0.05, 0.1) is 0 Å². The van der Waals surface area contributed by atoms with Gasteiger partial charge in [0.2, 0.25) is 0 Å². The van der Waals surface area contributed by atoms with Gasteiger partial charge in [-0.3, -0.25) is 0 Å². The van der Waals surface area contributed by atoms with Crippen LogP contribution >= 0.6 is 0 Å². The molecule has 0 aliphatic carbocycles. The molecule has 0 amide bonds. The van der Waals surface area contributed by atoms with Gasteiger partial charge >= 0.3 is 8.80 Å². The van der Waals surface area contributed by atoms with Gasteiger partial charge in [0.25, 0.3) is 0 Å². The number of hydrogen-bond acceptors (Lipinski definition) is 3. The molecule has 3 nitrogen and oxygen atoms in total. The summed E-state index contributed by atoms with van der Waals surface area (Å²) in [6, 6.07) is 0. The first-order valence-electron chi connectivity index (χ1n) is 2.54. The van der Waals surface area contributed by atoms with Gasteiger partial charge in [0, 0.05) is 20.3 Å². The molecule has 0 aromatic carbocycles. The number of hydrogen-bond donors (Lipinski definition) is 1. The van der Waals surface area contributed by atoms with Crippen molar-refractivity contribution >= 4 is 8.80 Å². The van der Waals surface area contributed by atoms with E-state index in [1.165, 1.54) is 7.11 Å². The Balaban J connectivity index is 3.37. The molecule has 1 N–H and O–H groups in total. The van der Waals surface area contributed by atoms with Crippen molar-refractivity contribution < 1.29 is 13.6 Å². The molecule has 0 heterocycles. The summed E-state index contributed by atoms with van der Waals surface area (Å²) < 4.78 is 9.50. The molecule has 1 unspecified atom stereocenters. The van der Waals surface area contributed by atoms with Crippen molar-refractivity contribution in [2.24, 2.45) is 0 Å². The van der Waals surface area contributed by atoms with Gasteiger partial charge in [-0.25, -0.2) is 0 Å². The molecule has 0 spiro atoms. The molecule has 0 aromatic rings. The number of rotatable bonds is 3. The van der Waals surface area contributed by atoms with Crippen molar-refractivity contribution in [3.05, 3.63) is 0 Å². The molecule has 0 fully saturated rings. The van der Waals surface area contributed by atoms with Gasteiger partial charge in [-0.1, -0.05) is 0 Å². The van der Waals surface area contributed by atoms with Crippen LogP contribution in [0.15, 0.2) is 0 Å². The molecule has 4 heteroatoms. The minimum Gasteiger partial charge on any atom is -0.390 e. The quantitative estimate of drug-likeness (QED) is 0.564. The first kappa shape index (κ1) is 8.10. The Labute approximate surface area is 50.6 Å². The van der Waals surface area contributed by atoms with Crippen LogP contribution in [0.1, 0.15) is 6.92 Å². The van der Waals surface area contributed by atoms with E-state index >= 15 is 0 Å². The van der Waals surface area contributed by atoms with Crippen molar-refractivity contribution in [3.8, 4) is 0 Å². The molecule has 0 aliphatic rings. The van der Waals surface area contributed by atoms with Crippen molar-refractivity contribution in [1.82, 2.24) is 0 Å². The average Bonchev–Trinajstić information content (AvgIpc) is 1.67. The maximum Gasteiger partial charge on any atom is 0.494 e. The van der Waals surface area contributed by atoms with Crippen LogP contribution in [-0.4, -0.2) is 27.3 Å². The normalized spacial score (nSPS) is 18.0. The topological polar surface area (TPSA) is 38.7 Å². The van der Waals surface area contributed by atoms with E-state index in [9.17, 15) is 0 Å². The van der Waals surface area contributed by atoms with Gasteiger partial charge in [0.15, 0.2) is 0 Å². The highest BCUT2D eigenvalue weighted by Gasteiger charge is 2.26. The molecule has 0 rings (SSSR count). The maximum atomic E-state index is 9.02. The Morgan fingerprint density at radius 1 is 1.62 bits per heavy atom. The monoisotopic (exact) mass is 136 g/mol. The third-order valence-corrected chi connectivity index (χ3v) is 2.37. The predicted octanol–water partition coefficient (Wildman–Crippen LogP) is 0.230. The van der Waals surface area contributed by atoms with Crippen LogP contribution in [0.3, 0.4) is 0 Å². The minimum atomic E-state index is -2.68. The second-order valence-corrected chi connectivity index (χ2v) is 4.03. The van der Waals surface area contributed by atoms with Crippen molar-refractivity contribution in [3.63, 3.8) is 0 Å². The van der Waals surface area contributed by atoms with Crippen LogP contribution in [-0.2, 0) is 8.85 Å². The average molecular weight is 136 g/mol. The fraction of sp³-hybridized carbons (Fsp3) is 1.00. The fourth-order valence-electron chi connectivity index (χ4n) is 0.327. The van der Waals surface area contributed by atoms with Gasteiger partial charge in [-0.15, -0.1) is 0 Å². The molecule has 0 bridgehead atoms. The summed E-state index contributed by atoms with van der Waals surface area (Å²) in [5.41, 5.74) is 0. The molecule has 0 radical (unpaired) electrons. The largest absolute Gasteiger partial charge is 0.494 e. The Kier molecular flexibility index (Phi) is 3.23. The molecular weight excluding hydrogens is 124 g/mol. The summed E-state index contributed by atoms with van der Waals surface area (Å²) in [5.74, 6) is 0. The summed E-state index contributed by atoms with van der Waals surface area (Å²) >= 11 is 0. The van der Waals surface area contributed by atoms with Crippen LogP contribution in [0.25, 0.3) is 0 Å². The summed E-state index contributed by atoms with van der Waals surface area (Å²) in [5, 5.41) is 0. The molecule has 0 saturated heterocycles. The van der Waals surface area contributed by atoms with E-state index in [-0.39, 0.29) is 0 Å². The highest BCUT2D eigenvalue weighted by Crippen LogP contribution is 1.97. The van der Waals surface area contributed by atoms with E-state index in [0.29, 0.717) is 6.61 Å². The van der Waals surface area contributed by atoms with Crippen LogP contribution in [0.5, 0.6) is 0 Å². The SMILES string of the molecule is CCO[Si](C)(O)OC. The smallest absolute Gasteiger partial charge is 0.390 e. The van der Waals surface area contributed by atoms with Crippen LogP contribution in [0, 0.1) is 0 Å². The van der Waals surface area contributed by atoms with E-state index in [2.05, 4.69) is 4.43 Å². The Hall–Kier alpha value is 0.0969. The first-order valence-corrected chi connectivity index (χ1v) is 4.80. The molecule has 0 aliphatic heterocycles. The summed E-state index contributed by atoms with van der Waals surface area (Å²) in [6.07, 6.45) is 0. The van der Waals surface area contributed by atoms with E-state index < -0.39 is 8.80 Å². The van der Waals surface area contributed by atoms with Crippen molar-refractivity contribution in [2.45, 2.75) is 13.5 Å². The Bertz CT molecular complexity index is 64.3. The molecule has 0 aromatic heterocycles. The summed E-state index contributed by atoms with van der Waals surface area (Å²) in [6.45, 7) is 3.91. The molecule has 50 valence electrons. The molecule has 1 atom stereocenters. The van der Waals surface area contributed by atoms with E-state index in [4.69, 9.17) is 9.22 Å². The predicted molar refractivity (Wildman–Crippen MR) is 32.5 cm³/mol. The summed E-state index contributed by atoms with van der Waals surface area (Å²) in [4.78, 5) is 9.02. The van der Waals surface area contributed by atoms with E-state index in [1.807, 2.05) is 6.92 Å². The molecule has 8 heavy (non-hydrogen) atoms. The highest BCUT2D eigenvalue weighted by molar-refractivity contribution is 6.57. The summed E-state index contributed by atoms with van der Waals surface area (Å²) in [7, 11) is -1.23. The third-order valence-electron chi connectivity index (χ3n) is 0.791. The van der Waals surface area contributed by atoms with Crippen LogP contribution < -0.4 is 0 Å². The van der Waals surface area contributed by atoms with Gasteiger partial charge < -0.3 is 13.6 Å². The first-order chi connectivity index (χ1) is 3.62.